The molecule has 0 radical (unpaired) electrons. The van der Waals surface area contributed by atoms with Crippen LogP contribution in [0, 0.1) is 0 Å². The quantitative estimate of drug-likeness (QED) is 0.389. The van der Waals surface area contributed by atoms with Crippen molar-refractivity contribution in [3.63, 3.8) is 0 Å². The molecule has 0 fully saturated rings. The lowest BCUT2D eigenvalue weighted by atomic mass is 10.1. The normalized spacial score (nSPS) is 11.5. The minimum Gasteiger partial charge on any atom is -0.406 e. The molecule has 0 bridgehead atoms. The summed E-state index contributed by atoms with van der Waals surface area (Å²) in [6.45, 7) is 1.52. The maximum atomic E-state index is 12.6. The Morgan fingerprint density at radius 2 is 1.81 bits per heavy atom. The van der Waals surface area contributed by atoms with Gasteiger partial charge in [0.25, 0.3) is 0 Å². The van der Waals surface area contributed by atoms with Gasteiger partial charge in [-0.15, -0.1) is 13.2 Å². The number of hydrogen-bond acceptors (Lipinski definition) is 6. The van der Waals surface area contributed by atoms with Crippen LogP contribution in [0.5, 0.6) is 5.75 Å². The highest BCUT2D eigenvalue weighted by Crippen LogP contribution is 2.29. The van der Waals surface area contributed by atoms with E-state index in [0.29, 0.717) is 34.6 Å². The number of nitrogens with zero attached hydrogens (tertiary/aromatic N) is 3. The Morgan fingerprint density at radius 1 is 1.03 bits per heavy atom. The molecule has 2 aromatic carbocycles. The molecule has 0 unspecified atom stereocenters. The Balaban J connectivity index is 1.90. The highest BCUT2D eigenvalue weighted by atomic mass is 35.5. The lowest BCUT2D eigenvalue weighted by molar-refractivity contribution is -0.274. The topological polar surface area (TPSA) is 62.3 Å². The summed E-state index contributed by atoms with van der Waals surface area (Å²) in [6, 6.07) is 14.4. The second-order valence-corrected chi connectivity index (χ2v) is 7.69. The number of rotatable bonds is 9. The van der Waals surface area contributed by atoms with Crippen molar-refractivity contribution in [3.05, 3.63) is 59.6 Å². The predicted octanol–water partition coefficient (Wildman–Crippen LogP) is 5.80. The third kappa shape index (κ3) is 7.58. The van der Waals surface area contributed by atoms with E-state index >= 15 is 0 Å². The summed E-state index contributed by atoms with van der Waals surface area (Å²) in [6.07, 6.45) is -3.91. The highest BCUT2D eigenvalue weighted by Gasteiger charge is 2.31. The van der Waals surface area contributed by atoms with Crippen molar-refractivity contribution in [2.45, 2.75) is 12.8 Å². The highest BCUT2D eigenvalue weighted by molar-refractivity contribution is 6.30. The van der Waals surface area contributed by atoms with Gasteiger partial charge in [-0.3, -0.25) is 0 Å². The Hall–Kier alpha value is -3.04. The molecule has 32 heavy (non-hydrogen) atoms. The minimum atomic E-state index is -4.78. The molecular weight excluding hydrogens is 443 g/mol. The van der Waals surface area contributed by atoms with Crippen LogP contribution >= 0.6 is 11.6 Å². The smallest absolute Gasteiger partial charge is 0.406 e. The second kappa shape index (κ2) is 10.5. The van der Waals surface area contributed by atoms with Gasteiger partial charge in [0.05, 0.1) is 5.69 Å². The van der Waals surface area contributed by atoms with Crippen LogP contribution in [0.2, 0.25) is 5.02 Å². The first-order valence-electron chi connectivity index (χ1n) is 9.84. The zero-order valence-corrected chi connectivity index (χ0v) is 18.3. The van der Waals surface area contributed by atoms with Crippen molar-refractivity contribution in [2.75, 3.05) is 37.8 Å². The predicted molar refractivity (Wildman–Crippen MR) is 121 cm³/mol. The lowest BCUT2D eigenvalue weighted by Crippen LogP contribution is -2.17. The summed E-state index contributed by atoms with van der Waals surface area (Å²) >= 11 is 6.05. The van der Waals surface area contributed by atoms with Crippen molar-refractivity contribution in [1.82, 2.24) is 14.9 Å². The van der Waals surface area contributed by atoms with Crippen LogP contribution in [-0.4, -0.2) is 48.4 Å². The summed E-state index contributed by atoms with van der Waals surface area (Å²) in [5.41, 5.74) is 1.61. The van der Waals surface area contributed by atoms with Crippen molar-refractivity contribution >= 4 is 29.1 Å². The van der Waals surface area contributed by atoms with Crippen LogP contribution in [0.1, 0.15) is 6.42 Å². The summed E-state index contributed by atoms with van der Waals surface area (Å²) in [5, 5.41) is 6.89. The molecule has 10 heteroatoms. The third-order valence-corrected chi connectivity index (χ3v) is 4.49. The zero-order valence-electron chi connectivity index (χ0n) is 17.6. The van der Waals surface area contributed by atoms with Gasteiger partial charge in [-0.1, -0.05) is 29.8 Å². The Labute approximate surface area is 189 Å². The van der Waals surface area contributed by atoms with Crippen LogP contribution in [0.15, 0.2) is 54.6 Å². The van der Waals surface area contributed by atoms with E-state index in [2.05, 4.69) is 30.2 Å². The minimum absolute atomic E-state index is 0.321. The van der Waals surface area contributed by atoms with Crippen molar-refractivity contribution in [1.29, 1.82) is 0 Å². The van der Waals surface area contributed by atoms with E-state index in [-0.39, 0.29) is 5.75 Å². The van der Waals surface area contributed by atoms with Gasteiger partial charge >= 0.3 is 6.36 Å². The van der Waals surface area contributed by atoms with Gasteiger partial charge in [0.1, 0.15) is 11.6 Å². The van der Waals surface area contributed by atoms with E-state index < -0.39 is 6.36 Å². The van der Waals surface area contributed by atoms with Crippen molar-refractivity contribution in [3.8, 4) is 17.0 Å². The third-order valence-electron chi connectivity index (χ3n) is 4.25. The first kappa shape index (κ1) is 23.6. The first-order valence-corrected chi connectivity index (χ1v) is 10.2. The summed E-state index contributed by atoms with van der Waals surface area (Å²) < 4.78 is 41.9. The molecule has 1 heterocycles. The summed E-state index contributed by atoms with van der Waals surface area (Å²) in [4.78, 5) is 11.0. The number of halogens is 4. The number of hydrogen-bond donors (Lipinski definition) is 2. The number of ether oxygens (including phenoxy) is 1. The van der Waals surface area contributed by atoms with Gasteiger partial charge in [0, 0.05) is 28.9 Å². The van der Waals surface area contributed by atoms with E-state index in [0.717, 1.165) is 18.7 Å². The monoisotopic (exact) mass is 465 g/mol. The molecule has 170 valence electrons. The summed E-state index contributed by atoms with van der Waals surface area (Å²) in [5.74, 6) is 0.501. The zero-order chi connectivity index (χ0) is 23.1. The molecule has 0 atom stereocenters. The molecule has 2 N–H and O–H groups in total. The molecule has 0 aliphatic heterocycles. The molecule has 0 saturated heterocycles. The molecule has 0 saturated carbocycles. The molecule has 1 aromatic heterocycles. The maximum Gasteiger partial charge on any atom is 0.573 e. The van der Waals surface area contributed by atoms with E-state index in [1.165, 1.54) is 18.2 Å². The lowest BCUT2D eigenvalue weighted by Gasteiger charge is -2.14. The summed E-state index contributed by atoms with van der Waals surface area (Å²) in [7, 11) is 3.97. The maximum absolute atomic E-state index is 12.6. The van der Waals surface area contributed by atoms with E-state index in [1.54, 1.807) is 30.3 Å². The van der Waals surface area contributed by atoms with E-state index in [4.69, 9.17) is 11.6 Å². The number of alkyl halides is 3. The number of nitrogens with one attached hydrogen (secondary N) is 2. The van der Waals surface area contributed by atoms with Crippen LogP contribution in [0.4, 0.5) is 30.6 Å². The van der Waals surface area contributed by atoms with Gasteiger partial charge in [0.15, 0.2) is 0 Å². The molecule has 0 spiro atoms. The Bertz CT molecular complexity index is 1050. The number of aromatic nitrogens is 2. The van der Waals surface area contributed by atoms with Crippen LogP contribution in [0.3, 0.4) is 0 Å². The number of benzene rings is 2. The van der Waals surface area contributed by atoms with E-state index in [1.807, 2.05) is 20.2 Å². The SMILES string of the molecule is CN(C)CCCNc1nc(Nc2cccc(Cl)c2)cc(-c2cccc(OC(F)(F)F)c2)n1. The van der Waals surface area contributed by atoms with Crippen LogP contribution < -0.4 is 15.4 Å². The standard InChI is InChI=1S/C22H23ClF3N5O/c1-31(2)11-5-10-27-21-29-19(15-6-3-9-18(12-15)32-22(24,25)26)14-20(30-21)28-17-8-4-7-16(23)13-17/h3-4,6-9,12-14H,5,10-11H2,1-2H3,(H2,27,28,29,30). The Morgan fingerprint density at radius 3 is 2.53 bits per heavy atom. The van der Waals surface area contributed by atoms with Gasteiger partial charge in [0.2, 0.25) is 5.95 Å². The number of anilines is 3. The van der Waals surface area contributed by atoms with Gasteiger partial charge in [-0.2, -0.15) is 4.98 Å². The van der Waals surface area contributed by atoms with Crippen LogP contribution in [0.25, 0.3) is 11.3 Å². The Kier molecular flexibility index (Phi) is 7.76. The van der Waals surface area contributed by atoms with Gasteiger partial charge in [-0.25, -0.2) is 4.98 Å². The molecule has 3 aromatic rings. The molecule has 0 amide bonds. The van der Waals surface area contributed by atoms with Crippen molar-refractivity contribution in [2.24, 2.45) is 0 Å². The average Bonchev–Trinajstić information content (AvgIpc) is 2.70. The second-order valence-electron chi connectivity index (χ2n) is 7.26. The fourth-order valence-corrected chi connectivity index (χ4v) is 3.09. The largest absolute Gasteiger partial charge is 0.573 e. The van der Waals surface area contributed by atoms with E-state index in [9.17, 15) is 13.2 Å². The molecule has 0 aliphatic rings. The van der Waals surface area contributed by atoms with Crippen molar-refractivity contribution < 1.29 is 17.9 Å². The molecule has 6 nitrogen and oxygen atoms in total. The van der Waals surface area contributed by atoms with Gasteiger partial charge < -0.3 is 20.3 Å². The molecule has 0 aliphatic carbocycles. The first-order chi connectivity index (χ1) is 15.2. The fourth-order valence-electron chi connectivity index (χ4n) is 2.90. The van der Waals surface area contributed by atoms with Gasteiger partial charge in [-0.05, 0) is 57.4 Å². The van der Waals surface area contributed by atoms with Crippen LogP contribution in [-0.2, 0) is 0 Å². The average molecular weight is 466 g/mol. The molecular formula is C22H23ClF3N5O. The fraction of sp³-hybridized carbons (Fsp3) is 0.273. The molecule has 3 rings (SSSR count).